The summed E-state index contributed by atoms with van der Waals surface area (Å²) in [5, 5.41) is 9.49. The van der Waals surface area contributed by atoms with Crippen molar-refractivity contribution in [1.29, 1.82) is 5.26 Å². The van der Waals surface area contributed by atoms with Gasteiger partial charge in [0.25, 0.3) is 0 Å². The van der Waals surface area contributed by atoms with Gasteiger partial charge in [-0.1, -0.05) is 15.9 Å². The summed E-state index contributed by atoms with van der Waals surface area (Å²) in [6.07, 6.45) is 0. The van der Waals surface area contributed by atoms with Gasteiger partial charge in [-0.05, 0) is 24.6 Å². The molecular formula is C11H10BrNO2S. The zero-order valence-corrected chi connectivity index (χ0v) is 11.1. The Hall–Kier alpha value is -0.990. The largest absolute Gasteiger partial charge is 0.462 e. The number of benzene rings is 1. The van der Waals surface area contributed by atoms with E-state index in [-0.39, 0.29) is 17.7 Å². The smallest absolute Gasteiger partial charge is 0.339 e. The van der Waals surface area contributed by atoms with Crippen molar-refractivity contribution in [2.75, 3.05) is 6.61 Å². The molecule has 0 saturated heterocycles. The van der Waals surface area contributed by atoms with E-state index in [4.69, 9.17) is 10.00 Å². The van der Waals surface area contributed by atoms with Crippen LogP contribution in [0.1, 0.15) is 28.4 Å². The highest BCUT2D eigenvalue weighted by atomic mass is 79.9. The van der Waals surface area contributed by atoms with Gasteiger partial charge in [-0.25, -0.2) is 4.79 Å². The van der Waals surface area contributed by atoms with Crippen LogP contribution in [0.15, 0.2) is 17.0 Å². The number of ether oxygens (including phenoxy) is 1. The van der Waals surface area contributed by atoms with Crippen LogP contribution < -0.4 is 0 Å². The number of hydrogen-bond donors (Lipinski definition) is 1. The number of esters is 1. The molecule has 0 N–H and O–H groups in total. The fourth-order valence-electron chi connectivity index (χ4n) is 1.21. The van der Waals surface area contributed by atoms with Crippen molar-refractivity contribution in [3.63, 3.8) is 0 Å². The van der Waals surface area contributed by atoms with Gasteiger partial charge in [0.2, 0.25) is 0 Å². The van der Waals surface area contributed by atoms with Crippen LogP contribution in [-0.2, 0) is 10.1 Å². The summed E-state index contributed by atoms with van der Waals surface area (Å²) in [7, 11) is 0. The van der Waals surface area contributed by atoms with E-state index in [9.17, 15) is 4.79 Å². The Labute approximate surface area is 108 Å². The molecule has 84 valence electrons. The lowest BCUT2D eigenvalue weighted by molar-refractivity contribution is 0.0526. The maximum Gasteiger partial charge on any atom is 0.339 e. The molecule has 0 aromatic heterocycles. The van der Waals surface area contributed by atoms with Crippen LogP contribution in [0.25, 0.3) is 0 Å². The molecule has 0 atom stereocenters. The summed E-state index contributed by atoms with van der Waals surface area (Å²) in [6.45, 7) is 2.01. The van der Waals surface area contributed by atoms with Gasteiger partial charge in [0.05, 0.1) is 17.7 Å². The average Bonchev–Trinajstić information content (AvgIpc) is 2.28. The van der Waals surface area contributed by atoms with Gasteiger partial charge in [0.15, 0.2) is 0 Å². The molecule has 0 aliphatic carbocycles. The first kappa shape index (κ1) is 13.1. The predicted molar refractivity (Wildman–Crippen MR) is 67.0 cm³/mol. The molecule has 0 unspecified atom stereocenters. The topological polar surface area (TPSA) is 50.1 Å². The van der Waals surface area contributed by atoms with E-state index in [1.165, 1.54) is 0 Å². The van der Waals surface area contributed by atoms with Crippen LogP contribution in [0.5, 0.6) is 0 Å². The molecule has 0 amide bonds. The first-order valence-corrected chi connectivity index (χ1v) is 6.20. The predicted octanol–water partition coefficient (Wildman–Crippen LogP) is 2.92. The molecule has 16 heavy (non-hydrogen) atoms. The van der Waals surface area contributed by atoms with Crippen molar-refractivity contribution in [3.8, 4) is 6.07 Å². The van der Waals surface area contributed by atoms with Crippen LogP contribution in [0.2, 0.25) is 0 Å². The average molecular weight is 300 g/mol. The SMILES string of the molecule is CCOC(=O)c1cc(CBr)c(S)cc1C#N. The fourth-order valence-corrected chi connectivity index (χ4v) is 2.16. The number of alkyl halides is 1. The second kappa shape index (κ2) is 5.92. The second-order valence-corrected chi connectivity index (χ2v) is 4.03. The van der Waals surface area contributed by atoms with Crippen LogP contribution in [0.3, 0.4) is 0 Å². The Morgan fingerprint density at radius 2 is 2.31 bits per heavy atom. The summed E-state index contributed by atoms with van der Waals surface area (Å²) >= 11 is 7.53. The molecule has 1 aromatic carbocycles. The van der Waals surface area contributed by atoms with Gasteiger partial charge in [0, 0.05) is 10.2 Å². The molecule has 5 heteroatoms. The van der Waals surface area contributed by atoms with E-state index in [0.717, 1.165) is 5.56 Å². The lowest BCUT2D eigenvalue weighted by Gasteiger charge is -2.07. The normalized spacial score (nSPS) is 9.62. The fraction of sp³-hybridized carbons (Fsp3) is 0.273. The molecule has 0 saturated carbocycles. The Kier molecular flexibility index (Phi) is 4.84. The van der Waals surface area contributed by atoms with E-state index in [2.05, 4.69) is 28.6 Å². The number of thiol groups is 1. The molecule has 1 aromatic rings. The molecular weight excluding hydrogens is 290 g/mol. The lowest BCUT2D eigenvalue weighted by atomic mass is 10.1. The minimum Gasteiger partial charge on any atom is -0.462 e. The first-order valence-electron chi connectivity index (χ1n) is 4.63. The Bertz CT molecular complexity index is 454. The zero-order chi connectivity index (χ0) is 12.1. The third kappa shape index (κ3) is 2.77. The summed E-state index contributed by atoms with van der Waals surface area (Å²) in [5.74, 6) is -0.477. The Morgan fingerprint density at radius 3 is 2.81 bits per heavy atom. The third-order valence-corrected chi connectivity index (χ3v) is 3.00. The zero-order valence-electron chi connectivity index (χ0n) is 8.66. The number of carbonyl (C=O) groups is 1. The maximum absolute atomic E-state index is 11.6. The third-order valence-electron chi connectivity index (χ3n) is 1.98. The molecule has 0 bridgehead atoms. The second-order valence-electron chi connectivity index (χ2n) is 2.99. The number of carbonyl (C=O) groups excluding carboxylic acids is 1. The van der Waals surface area contributed by atoms with Crippen LogP contribution in [-0.4, -0.2) is 12.6 Å². The van der Waals surface area contributed by atoms with Gasteiger partial charge in [-0.2, -0.15) is 5.26 Å². The van der Waals surface area contributed by atoms with Crippen molar-refractivity contribution >= 4 is 34.5 Å². The molecule has 1 rings (SSSR count). The minimum absolute atomic E-state index is 0.285. The number of nitriles is 1. The summed E-state index contributed by atoms with van der Waals surface area (Å²) < 4.78 is 4.88. The lowest BCUT2D eigenvalue weighted by Crippen LogP contribution is -2.08. The summed E-state index contributed by atoms with van der Waals surface area (Å²) in [4.78, 5) is 12.3. The van der Waals surface area contributed by atoms with Gasteiger partial charge < -0.3 is 4.74 Å². The highest BCUT2D eigenvalue weighted by molar-refractivity contribution is 9.08. The molecule has 0 heterocycles. The van der Waals surface area contributed by atoms with Crippen molar-refractivity contribution in [2.45, 2.75) is 17.1 Å². The number of rotatable bonds is 3. The van der Waals surface area contributed by atoms with E-state index >= 15 is 0 Å². The van der Waals surface area contributed by atoms with E-state index in [1.54, 1.807) is 19.1 Å². The molecule has 3 nitrogen and oxygen atoms in total. The van der Waals surface area contributed by atoms with Gasteiger partial charge >= 0.3 is 5.97 Å². The number of halogens is 1. The molecule has 0 fully saturated rings. The van der Waals surface area contributed by atoms with Crippen LogP contribution in [0, 0.1) is 11.3 Å². The number of hydrogen-bond acceptors (Lipinski definition) is 4. The van der Waals surface area contributed by atoms with Gasteiger partial charge in [-0.3, -0.25) is 0 Å². The van der Waals surface area contributed by atoms with Crippen LogP contribution >= 0.6 is 28.6 Å². The van der Waals surface area contributed by atoms with E-state index in [0.29, 0.717) is 10.2 Å². The summed E-state index contributed by atoms with van der Waals surface area (Å²) in [5.41, 5.74) is 1.43. The summed E-state index contributed by atoms with van der Waals surface area (Å²) in [6, 6.07) is 5.17. The Morgan fingerprint density at radius 1 is 1.62 bits per heavy atom. The van der Waals surface area contributed by atoms with Crippen LogP contribution in [0.4, 0.5) is 0 Å². The highest BCUT2D eigenvalue weighted by Gasteiger charge is 2.15. The van der Waals surface area contributed by atoms with Crippen molar-refractivity contribution in [1.82, 2.24) is 0 Å². The number of nitrogens with zero attached hydrogens (tertiary/aromatic N) is 1. The van der Waals surface area contributed by atoms with Crippen molar-refractivity contribution < 1.29 is 9.53 Å². The quantitative estimate of drug-likeness (QED) is 0.530. The monoisotopic (exact) mass is 299 g/mol. The molecule has 0 spiro atoms. The van der Waals surface area contributed by atoms with E-state index in [1.807, 2.05) is 6.07 Å². The van der Waals surface area contributed by atoms with Crippen molar-refractivity contribution in [2.24, 2.45) is 0 Å². The molecule has 0 aliphatic heterocycles. The molecule has 0 aliphatic rings. The van der Waals surface area contributed by atoms with Gasteiger partial charge in [0.1, 0.15) is 6.07 Å². The standard InChI is InChI=1S/C11H10BrNO2S/c1-2-15-11(14)9-3-7(5-12)10(16)4-8(9)6-13/h3-4,16H,2,5H2,1H3. The molecule has 0 radical (unpaired) electrons. The highest BCUT2D eigenvalue weighted by Crippen LogP contribution is 2.22. The maximum atomic E-state index is 11.6. The Balaban J connectivity index is 3.26. The van der Waals surface area contributed by atoms with Crippen molar-refractivity contribution in [3.05, 3.63) is 28.8 Å². The first-order chi connectivity index (χ1) is 7.63. The van der Waals surface area contributed by atoms with Gasteiger partial charge in [-0.15, -0.1) is 12.6 Å². The minimum atomic E-state index is -0.477. The van der Waals surface area contributed by atoms with E-state index < -0.39 is 5.97 Å².